The van der Waals surface area contributed by atoms with Crippen molar-refractivity contribution in [3.05, 3.63) is 47.3 Å². The van der Waals surface area contributed by atoms with Crippen LogP contribution in [0.3, 0.4) is 0 Å². The van der Waals surface area contributed by atoms with Gasteiger partial charge in [-0.1, -0.05) is 18.2 Å². The first-order chi connectivity index (χ1) is 14.9. The number of carbonyl (C=O) groups excluding carboxylic acids is 1. The highest BCUT2D eigenvalue weighted by Crippen LogP contribution is 2.37. The summed E-state index contributed by atoms with van der Waals surface area (Å²) >= 11 is 0. The molecular weight excluding hydrogens is 390 g/mol. The Morgan fingerprint density at radius 2 is 1.84 bits per heavy atom. The average molecular weight is 428 g/mol. The quantitative estimate of drug-likeness (QED) is 0.543. The van der Waals surface area contributed by atoms with Gasteiger partial charge in [0, 0.05) is 23.8 Å². The highest BCUT2D eigenvalue weighted by atomic mass is 16.5. The maximum Gasteiger partial charge on any atom is 0.312 e. The summed E-state index contributed by atoms with van der Waals surface area (Å²) in [6, 6.07) is 10.1. The molecule has 1 aromatic heterocycles. The molecule has 0 amide bonds. The molecule has 31 heavy (non-hydrogen) atoms. The van der Waals surface area contributed by atoms with Gasteiger partial charge in [-0.2, -0.15) is 5.10 Å². The molecule has 1 aromatic carbocycles. The normalized spacial score (nSPS) is 16.5. The topological polar surface area (TPSA) is 56.6 Å². The molecule has 2 heterocycles. The third-order valence-corrected chi connectivity index (χ3v) is 6.46. The van der Waals surface area contributed by atoms with Crippen molar-refractivity contribution in [2.45, 2.75) is 66.5 Å². The minimum atomic E-state index is -0.465. The summed E-state index contributed by atoms with van der Waals surface area (Å²) in [7, 11) is 0. The number of carbonyl (C=O) groups is 1. The zero-order chi connectivity index (χ0) is 22.4. The number of nitrogens with zero attached hydrogens (tertiary/aromatic N) is 3. The van der Waals surface area contributed by atoms with E-state index in [2.05, 4.69) is 37.3 Å². The maximum absolute atomic E-state index is 12.9. The average Bonchev–Trinajstić information content (AvgIpc) is 3.04. The second kappa shape index (κ2) is 10.3. The number of hydrogen-bond donors (Lipinski definition) is 0. The fraction of sp³-hybridized carbons (Fsp3) is 0.600. The summed E-state index contributed by atoms with van der Waals surface area (Å²) in [4.78, 5) is 15.3. The lowest BCUT2D eigenvalue weighted by Gasteiger charge is -2.40. The minimum absolute atomic E-state index is 0.0775. The van der Waals surface area contributed by atoms with Crippen LogP contribution in [-0.4, -0.2) is 47.0 Å². The van der Waals surface area contributed by atoms with Crippen LogP contribution in [0, 0.1) is 19.3 Å². The van der Waals surface area contributed by atoms with Gasteiger partial charge in [0.05, 0.1) is 24.3 Å². The first-order valence-corrected chi connectivity index (χ1v) is 11.5. The predicted molar refractivity (Wildman–Crippen MR) is 122 cm³/mol. The molecule has 0 saturated carbocycles. The molecular formula is C25H37N3O3. The SMILES string of the molecule is CCOC(=O)C1(CCOc2ccccc2)CCN(Cc2c(C)nn(C(C)C)c2C)CC1. The summed E-state index contributed by atoms with van der Waals surface area (Å²) in [5, 5.41) is 4.73. The van der Waals surface area contributed by atoms with Crippen LogP contribution in [0.2, 0.25) is 0 Å². The molecule has 0 bridgehead atoms. The molecule has 1 aliphatic heterocycles. The zero-order valence-electron chi connectivity index (χ0n) is 19.7. The first-order valence-electron chi connectivity index (χ1n) is 11.5. The van der Waals surface area contributed by atoms with Crippen molar-refractivity contribution in [3.8, 4) is 5.75 Å². The number of esters is 1. The Hall–Kier alpha value is -2.34. The number of hydrogen-bond acceptors (Lipinski definition) is 5. The third-order valence-electron chi connectivity index (χ3n) is 6.46. The van der Waals surface area contributed by atoms with Gasteiger partial charge in [0.25, 0.3) is 0 Å². The van der Waals surface area contributed by atoms with Crippen LogP contribution >= 0.6 is 0 Å². The van der Waals surface area contributed by atoms with Gasteiger partial charge in [0.1, 0.15) is 5.75 Å². The zero-order valence-corrected chi connectivity index (χ0v) is 19.7. The van der Waals surface area contributed by atoms with E-state index < -0.39 is 5.41 Å². The van der Waals surface area contributed by atoms with Gasteiger partial charge >= 0.3 is 5.97 Å². The summed E-state index contributed by atoms with van der Waals surface area (Å²) in [6.45, 7) is 14.0. The monoisotopic (exact) mass is 427 g/mol. The van der Waals surface area contributed by atoms with E-state index in [0.29, 0.717) is 25.7 Å². The smallest absolute Gasteiger partial charge is 0.312 e. The molecule has 1 aliphatic rings. The Bertz CT molecular complexity index is 852. The van der Waals surface area contributed by atoms with Crippen LogP contribution in [0.15, 0.2) is 30.3 Å². The predicted octanol–water partition coefficient (Wildman–Crippen LogP) is 4.70. The molecule has 6 heteroatoms. The molecule has 2 aromatic rings. The third kappa shape index (κ3) is 5.48. The van der Waals surface area contributed by atoms with Crippen molar-refractivity contribution in [1.82, 2.24) is 14.7 Å². The standard InChI is InChI=1S/C25H37N3O3/c1-6-30-24(29)25(14-17-31-22-10-8-7-9-11-22)12-15-27(16-13-25)18-23-20(4)26-28(19(2)3)21(23)5/h7-11,19H,6,12-18H2,1-5H3. The summed E-state index contributed by atoms with van der Waals surface area (Å²) in [5.74, 6) is 0.762. The fourth-order valence-corrected chi connectivity index (χ4v) is 4.51. The lowest BCUT2D eigenvalue weighted by Crippen LogP contribution is -2.45. The molecule has 0 spiro atoms. The lowest BCUT2D eigenvalue weighted by atomic mass is 9.75. The van der Waals surface area contributed by atoms with E-state index in [-0.39, 0.29) is 5.97 Å². The van der Waals surface area contributed by atoms with E-state index in [1.807, 2.05) is 37.3 Å². The van der Waals surface area contributed by atoms with Crippen molar-refractivity contribution >= 4 is 5.97 Å². The van der Waals surface area contributed by atoms with Gasteiger partial charge in [-0.3, -0.25) is 14.4 Å². The molecule has 3 rings (SSSR count). The van der Waals surface area contributed by atoms with Gasteiger partial charge in [-0.25, -0.2) is 0 Å². The molecule has 0 atom stereocenters. The first kappa shape index (κ1) is 23.3. The largest absolute Gasteiger partial charge is 0.494 e. The van der Waals surface area contributed by atoms with Crippen molar-refractivity contribution in [2.75, 3.05) is 26.3 Å². The van der Waals surface area contributed by atoms with Gasteiger partial charge in [-0.05, 0) is 79.1 Å². The number of benzene rings is 1. The van der Waals surface area contributed by atoms with Gasteiger partial charge in [0.2, 0.25) is 0 Å². The van der Waals surface area contributed by atoms with Crippen LogP contribution in [0.4, 0.5) is 0 Å². The summed E-state index contributed by atoms with van der Waals surface area (Å²) in [5.41, 5.74) is 3.19. The van der Waals surface area contributed by atoms with E-state index in [4.69, 9.17) is 14.6 Å². The number of rotatable bonds is 9. The Morgan fingerprint density at radius 3 is 2.42 bits per heavy atom. The van der Waals surface area contributed by atoms with E-state index >= 15 is 0 Å². The molecule has 1 fully saturated rings. The Balaban J connectivity index is 1.63. The highest BCUT2D eigenvalue weighted by molar-refractivity contribution is 5.77. The molecule has 0 unspecified atom stereocenters. The maximum atomic E-state index is 12.9. The summed E-state index contributed by atoms with van der Waals surface area (Å²) < 4.78 is 13.5. The molecule has 1 saturated heterocycles. The second-order valence-electron chi connectivity index (χ2n) is 8.88. The lowest BCUT2D eigenvalue weighted by molar-refractivity contribution is -0.159. The van der Waals surface area contributed by atoms with Gasteiger partial charge in [0.15, 0.2) is 0 Å². The Morgan fingerprint density at radius 1 is 1.16 bits per heavy atom. The molecule has 0 aliphatic carbocycles. The number of para-hydroxylation sites is 1. The van der Waals surface area contributed by atoms with E-state index in [9.17, 15) is 4.79 Å². The minimum Gasteiger partial charge on any atom is -0.494 e. The van der Waals surface area contributed by atoms with E-state index in [1.165, 1.54) is 11.3 Å². The summed E-state index contributed by atoms with van der Waals surface area (Å²) in [6.07, 6.45) is 2.26. The van der Waals surface area contributed by atoms with Crippen molar-refractivity contribution in [3.63, 3.8) is 0 Å². The van der Waals surface area contributed by atoms with Crippen molar-refractivity contribution < 1.29 is 14.3 Å². The Kier molecular flexibility index (Phi) is 7.76. The van der Waals surface area contributed by atoms with E-state index in [1.54, 1.807) is 0 Å². The van der Waals surface area contributed by atoms with Crippen LogP contribution in [0.1, 0.15) is 63.0 Å². The fourth-order valence-electron chi connectivity index (χ4n) is 4.51. The number of likely N-dealkylation sites (tertiary alicyclic amines) is 1. The highest BCUT2D eigenvalue weighted by Gasteiger charge is 2.42. The van der Waals surface area contributed by atoms with Crippen LogP contribution in [0.25, 0.3) is 0 Å². The molecule has 170 valence electrons. The van der Waals surface area contributed by atoms with Crippen molar-refractivity contribution in [2.24, 2.45) is 5.41 Å². The molecule has 6 nitrogen and oxygen atoms in total. The van der Waals surface area contributed by atoms with Gasteiger partial charge in [-0.15, -0.1) is 0 Å². The van der Waals surface area contributed by atoms with Crippen LogP contribution < -0.4 is 4.74 Å². The molecule has 0 radical (unpaired) electrons. The number of piperidine rings is 1. The Labute approximate surface area is 186 Å². The number of ether oxygens (including phenoxy) is 2. The van der Waals surface area contributed by atoms with Crippen LogP contribution in [-0.2, 0) is 16.1 Å². The second-order valence-corrected chi connectivity index (χ2v) is 8.88. The molecule has 0 N–H and O–H groups in total. The van der Waals surface area contributed by atoms with Crippen LogP contribution in [0.5, 0.6) is 5.75 Å². The van der Waals surface area contributed by atoms with E-state index in [0.717, 1.165) is 43.9 Å². The van der Waals surface area contributed by atoms with Gasteiger partial charge < -0.3 is 9.47 Å². The number of aryl methyl sites for hydroxylation is 1. The number of aromatic nitrogens is 2. The van der Waals surface area contributed by atoms with Crippen molar-refractivity contribution in [1.29, 1.82) is 0 Å².